The van der Waals surface area contributed by atoms with Gasteiger partial charge < -0.3 is 5.73 Å². The first-order chi connectivity index (χ1) is 1.00. The second kappa shape index (κ2) is 141. The van der Waals surface area contributed by atoms with Crippen LogP contribution in [-0.2, 0) is 589 Å². The molecule has 0 aliphatic carbocycles. The third kappa shape index (κ3) is 130. The van der Waals surface area contributed by atoms with E-state index in [1.165, 1.54) is 7.05 Å². The van der Waals surface area contributed by atoms with Gasteiger partial charge >= 0.3 is 0 Å². The van der Waals surface area contributed by atoms with Gasteiger partial charge in [-0.25, -0.2) is 0 Å². The number of rotatable bonds is 0. The first-order valence-electron chi connectivity index (χ1n) is 0.500. The van der Waals surface area contributed by atoms with Crippen molar-refractivity contribution in [2.75, 3.05) is 7.05 Å². The van der Waals surface area contributed by atoms with Crippen LogP contribution < -0.4 is 0 Å². The fraction of sp³-hybridized carbons (Fsp3) is 1.00. The molecule has 0 aromatic heterocycles. The van der Waals surface area contributed by atoms with Crippen molar-refractivity contribution in [2.45, 2.75) is 0 Å². The van der Waals surface area contributed by atoms with Crippen molar-refractivity contribution in [1.29, 1.82) is 0 Å². The molecule has 0 aliphatic rings. The Kier molecular flexibility index (Phi) is 978. The van der Waals surface area contributed by atoms with Crippen molar-refractivity contribution >= 4 is 0 Å². The monoisotopic (exact) mass is 1630 g/mol. The summed E-state index contributed by atoms with van der Waals surface area (Å²) in [5, 5.41) is 0. The Morgan fingerprint density at radius 1 is 0.200 bits per heavy atom. The van der Waals surface area contributed by atoms with Crippen molar-refractivity contribution in [3.63, 3.8) is 0 Å². The maximum Gasteiger partial charge on any atom is 0 e. The maximum atomic E-state index is 5.75. The number of hydrogen-bond donors (Lipinski definition) is 0. The van der Waals surface area contributed by atoms with Crippen molar-refractivity contribution < 1.29 is 589 Å². The molecular weight excluding hydrogens is 1630 g/mol. The van der Waals surface area contributed by atoms with Crippen LogP contribution in [0.1, 0.15) is 0 Å². The molecule has 1 nitrogen and oxygen atoms in total. The minimum atomic E-state index is 0. The van der Waals surface area contributed by atoms with Gasteiger partial charge in [-0.05, 0) is 0 Å². The van der Waals surface area contributed by atoms with Crippen LogP contribution in [0.2, 0.25) is 0 Å². The molecule has 20 heavy (non-hydrogen) atoms. The number of nitrogens with one attached hydrogen (secondary N) is 1. The molecule has 0 atom stereocenters. The van der Waals surface area contributed by atoms with E-state index in [1.807, 2.05) is 0 Å². The van der Waals surface area contributed by atoms with Gasteiger partial charge in [-0.15, -0.1) is 0 Å². The Morgan fingerprint density at radius 3 is 0.200 bits per heavy atom. The van der Waals surface area contributed by atoms with E-state index in [0.29, 0.717) is 0 Å². The molecule has 0 aromatic carbocycles. The average Bonchev–Trinajstić information content (AvgIpc) is 1.00. The molecule has 0 rings (SSSR count). The fourth-order valence-corrected chi connectivity index (χ4v) is 0. The molecule has 1 N–H and O–H groups in total. The van der Waals surface area contributed by atoms with E-state index >= 15 is 0 Å². The minimum absolute atomic E-state index is 0. The zero-order chi connectivity index (χ0) is 2.00. The molecule has 0 saturated heterocycles. The van der Waals surface area contributed by atoms with Crippen LogP contribution in [0, 0.1) is 0 Å². The Bertz CT molecular complexity index is 11.4. The second-order valence-corrected chi connectivity index (χ2v) is 0. The van der Waals surface area contributed by atoms with E-state index in [1.54, 1.807) is 0 Å². The molecule has 19 heteroatoms. The van der Waals surface area contributed by atoms with Crippen molar-refractivity contribution in [1.82, 2.24) is 0 Å². The summed E-state index contributed by atoms with van der Waals surface area (Å²) in [5.41, 5.74) is 5.75. The summed E-state index contributed by atoms with van der Waals surface area (Å²) >= 11 is 0. The van der Waals surface area contributed by atoms with Gasteiger partial charge in [0.2, 0.25) is 0 Å². The summed E-state index contributed by atoms with van der Waals surface area (Å²) < 4.78 is 0. The Morgan fingerprint density at radius 2 is 0.200 bits per heavy atom. The quantitative estimate of drug-likeness (QED) is 0.341. The third-order valence-electron chi connectivity index (χ3n) is 0. The third-order valence-corrected chi connectivity index (χ3v) is 0. The topological polar surface area (TPSA) is 23.8 Å². The van der Waals surface area contributed by atoms with E-state index in [0.717, 1.165) is 0 Å². The molecule has 0 aromatic rings. The SMILES string of the molecule is C[NH-].[Y].[Y].[Y].[Y].[Y].[Y].[Y].[Y].[Y].[Y].[Y].[Y].[Y].[Y].[Y].[Y].[Y].[Y]. The molecule has 0 fully saturated rings. The van der Waals surface area contributed by atoms with Gasteiger partial charge in [0.05, 0.1) is 0 Å². The zero-order valence-electron chi connectivity index (χ0n) is 11.9. The normalized spacial score (nSPS) is 0.300. The molecule has 18 radical (unpaired) electrons. The van der Waals surface area contributed by atoms with Crippen LogP contribution >= 0.6 is 0 Å². The van der Waals surface area contributed by atoms with E-state index in [9.17, 15) is 0 Å². The molecule has 0 aliphatic heterocycles. The predicted molar refractivity (Wildman–Crippen MR) is 10.2 cm³/mol. The van der Waals surface area contributed by atoms with Crippen molar-refractivity contribution in [2.24, 2.45) is 0 Å². The largest absolute Gasteiger partial charge is 0.680 e. The van der Waals surface area contributed by atoms with Crippen molar-refractivity contribution in [3.05, 3.63) is 5.73 Å². The van der Waals surface area contributed by atoms with Gasteiger partial charge in [-0.2, -0.15) is 7.05 Å². The van der Waals surface area contributed by atoms with Crippen LogP contribution in [0.5, 0.6) is 0 Å². The minimum Gasteiger partial charge on any atom is -0.680 e. The molecule has 0 unspecified atom stereocenters. The van der Waals surface area contributed by atoms with Gasteiger partial charge in [0.1, 0.15) is 0 Å². The van der Waals surface area contributed by atoms with Gasteiger partial charge in [0.15, 0.2) is 0 Å². The summed E-state index contributed by atoms with van der Waals surface area (Å²) in [6.45, 7) is 0. The summed E-state index contributed by atoms with van der Waals surface area (Å²) in [6, 6.07) is 0. The van der Waals surface area contributed by atoms with Gasteiger partial charge in [0, 0.05) is 589 Å². The van der Waals surface area contributed by atoms with E-state index in [4.69, 9.17) is 5.73 Å². The maximum absolute atomic E-state index is 5.75. The predicted octanol–water partition coefficient (Wildman–Crippen LogP) is 0.623. The smallest absolute Gasteiger partial charge is 0 e. The standard InChI is InChI=1S/CH4N.18Y/c1-2;;;;;;;;;;;;;;;;;;/h2H,1H3;;;;;;;;;;;;;;;;;;/q-1;;;;;;;;;;;;;;;;;;. The number of hydrogen-bond acceptors (Lipinski definition) is 0. The molecule has 68 valence electrons. The zero-order valence-corrected chi connectivity index (χ0v) is 63.0. The van der Waals surface area contributed by atoms with Gasteiger partial charge in [-0.3, -0.25) is 0 Å². The van der Waals surface area contributed by atoms with Gasteiger partial charge in [0.25, 0.3) is 0 Å². The molecule has 0 spiro atoms. The average molecular weight is 1630 g/mol. The van der Waals surface area contributed by atoms with Crippen LogP contribution in [0.25, 0.3) is 5.73 Å². The first kappa shape index (κ1) is 138. The summed E-state index contributed by atoms with van der Waals surface area (Å²) in [7, 11) is 1.25. The molecule has 0 bridgehead atoms. The van der Waals surface area contributed by atoms with Crippen LogP contribution in [-0.4, -0.2) is 7.05 Å². The summed E-state index contributed by atoms with van der Waals surface area (Å²) in [5.74, 6) is 0. The van der Waals surface area contributed by atoms with E-state index < -0.39 is 0 Å². The fourth-order valence-electron chi connectivity index (χ4n) is 0. The van der Waals surface area contributed by atoms with Crippen LogP contribution in [0.4, 0.5) is 0 Å². The van der Waals surface area contributed by atoms with E-state index in [2.05, 4.69) is 0 Å². The van der Waals surface area contributed by atoms with Crippen molar-refractivity contribution in [3.8, 4) is 0 Å². The second-order valence-electron chi connectivity index (χ2n) is 0. The Balaban J connectivity index is -0.0000000000327. The van der Waals surface area contributed by atoms with Crippen LogP contribution in [0.3, 0.4) is 0 Å². The van der Waals surface area contributed by atoms with Crippen LogP contribution in [0.15, 0.2) is 0 Å². The molecule has 0 amide bonds. The Hall–Kier alpha value is 19.8. The first-order valence-corrected chi connectivity index (χ1v) is 0.500. The molecule has 0 heterocycles. The molecule has 0 saturated carbocycles. The summed E-state index contributed by atoms with van der Waals surface area (Å²) in [6.07, 6.45) is 0. The van der Waals surface area contributed by atoms with E-state index in [-0.39, 0.29) is 589 Å². The summed E-state index contributed by atoms with van der Waals surface area (Å²) in [4.78, 5) is 0. The molecular formula is CH4NY18-. The Labute approximate surface area is 579 Å². The van der Waals surface area contributed by atoms with Gasteiger partial charge in [-0.1, -0.05) is 0 Å².